The SMILES string of the molecule is CN(CC(=O)N1CCC(NS(=O)(=O)c2ccccc2)CC1)S(=O)(=O)c1cccnc1. The van der Waals surface area contributed by atoms with E-state index in [1.165, 1.54) is 43.7 Å². The number of piperidine rings is 1. The Bertz CT molecular complexity index is 1070. The van der Waals surface area contributed by atoms with E-state index in [4.69, 9.17) is 0 Å². The van der Waals surface area contributed by atoms with Gasteiger partial charge in [-0.2, -0.15) is 4.31 Å². The molecule has 3 rings (SSSR count). The summed E-state index contributed by atoms with van der Waals surface area (Å²) in [6, 6.07) is 10.8. The number of aromatic nitrogens is 1. The molecule has 1 aromatic heterocycles. The summed E-state index contributed by atoms with van der Waals surface area (Å²) in [5, 5.41) is 0. The van der Waals surface area contributed by atoms with E-state index in [1.807, 2.05) is 0 Å². The van der Waals surface area contributed by atoms with Crippen molar-refractivity contribution in [3.05, 3.63) is 54.9 Å². The highest BCUT2D eigenvalue weighted by molar-refractivity contribution is 7.89. The van der Waals surface area contributed by atoms with Crippen LogP contribution >= 0.6 is 0 Å². The second-order valence-corrected chi connectivity index (χ2v) is 10.8. The monoisotopic (exact) mass is 452 g/mol. The van der Waals surface area contributed by atoms with Crippen LogP contribution in [0.2, 0.25) is 0 Å². The fourth-order valence-corrected chi connectivity index (χ4v) is 5.60. The normalized spacial score (nSPS) is 16.0. The molecule has 1 aliphatic heterocycles. The Morgan fingerprint density at radius 1 is 1.07 bits per heavy atom. The zero-order chi connectivity index (χ0) is 21.8. The summed E-state index contributed by atoms with van der Waals surface area (Å²) >= 11 is 0. The number of carbonyl (C=O) groups is 1. The first-order chi connectivity index (χ1) is 14.2. The molecule has 0 atom stereocenters. The molecule has 1 amide bonds. The van der Waals surface area contributed by atoms with Crippen molar-refractivity contribution in [3.8, 4) is 0 Å². The summed E-state index contributed by atoms with van der Waals surface area (Å²) in [5.74, 6) is -0.325. The van der Waals surface area contributed by atoms with E-state index in [1.54, 1.807) is 23.1 Å². The summed E-state index contributed by atoms with van der Waals surface area (Å²) in [6.07, 6.45) is 3.62. The van der Waals surface area contributed by atoms with E-state index >= 15 is 0 Å². The Labute approximate surface area is 176 Å². The maximum absolute atomic E-state index is 12.6. The van der Waals surface area contributed by atoms with Gasteiger partial charge in [0, 0.05) is 38.6 Å². The van der Waals surface area contributed by atoms with Crippen LogP contribution in [-0.4, -0.2) is 69.7 Å². The van der Waals surface area contributed by atoms with E-state index in [0.29, 0.717) is 25.9 Å². The molecule has 2 aromatic rings. The molecule has 1 N–H and O–H groups in total. The number of sulfonamides is 2. The molecule has 0 unspecified atom stereocenters. The molecule has 0 bridgehead atoms. The number of benzene rings is 1. The maximum atomic E-state index is 12.6. The van der Waals surface area contributed by atoms with Gasteiger partial charge in [0.05, 0.1) is 11.4 Å². The van der Waals surface area contributed by atoms with Crippen LogP contribution in [0.5, 0.6) is 0 Å². The number of likely N-dealkylation sites (N-methyl/N-ethyl adjacent to an activating group) is 1. The van der Waals surface area contributed by atoms with Crippen LogP contribution in [0.1, 0.15) is 12.8 Å². The van der Waals surface area contributed by atoms with Gasteiger partial charge in [0.1, 0.15) is 4.90 Å². The van der Waals surface area contributed by atoms with Crippen molar-refractivity contribution < 1.29 is 21.6 Å². The molecule has 1 fully saturated rings. The van der Waals surface area contributed by atoms with E-state index < -0.39 is 20.0 Å². The Morgan fingerprint density at radius 2 is 1.70 bits per heavy atom. The van der Waals surface area contributed by atoms with E-state index in [0.717, 1.165) is 4.31 Å². The molecule has 11 heteroatoms. The topological polar surface area (TPSA) is 117 Å². The van der Waals surface area contributed by atoms with Gasteiger partial charge in [0.2, 0.25) is 26.0 Å². The number of nitrogens with one attached hydrogen (secondary N) is 1. The van der Waals surface area contributed by atoms with Gasteiger partial charge >= 0.3 is 0 Å². The number of nitrogens with zero attached hydrogens (tertiary/aromatic N) is 3. The predicted octanol–water partition coefficient (Wildman–Crippen LogP) is 0.672. The second-order valence-electron chi connectivity index (χ2n) is 7.04. The lowest BCUT2D eigenvalue weighted by molar-refractivity contribution is -0.132. The largest absolute Gasteiger partial charge is 0.341 e. The summed E-state index contributed by atoms with van der Waals surface area (Å²) in [6.45, 7) is 0.404. The average Bonchev–Trinajstić information content (AvgIpc) is 2.75. The van der Waals surface area contributed by atoms with Crippen LogP contribution in [0.25, 0.3) is 0 Å². The number of likely N-dealkylation sites (tertiary alicyclic amines) is 1. The molecule has 1 aromatic carbocycles. The van der Waals surface area contributed by atoms with Crippen molar-refractivity contribution in [2.75, 3.05) is 26.7 Å². The van der Waals surface area contributed by atoms with Crippen LogP contribution in [0.15, 0.2) is 64.6 Å². The Hall–Kier alpha value is -2.34. The fourth-order valence-electron chi connectivity index (χ4n) is 3.19. The zero-order valence-electron chi connectivity index (χ0n) is 16.5. The highest BCUT2D eigenvalue weighted by Gasteiger charge is 2.29. The third-order valence-corrected chi connectivity index (χ3v) is 8.25. The smallest absolute Gasteiger partial charge is 0.244 e. The summed E-state index contributed by atoms with van der Waals surface area (Å²) in [4.78, 5) is 18.2. The number of hydrogen-bond acceptors (Lipinski definition) is 6. The highest BCUT2D eigenvalue weighted by Crippen LogP contribution is 2.17. The molecule has 0 radical (unpaired) electrons. The number of hydrogen-bond donors (Lipinski definition) is 1. The van der Waals surface area contributed by atoms with Gasteiger partial charge in [0.25, 0.3) is 0 Å². The van der Waals surface area contributed by atoms with Crippen LogP contribution in [0, 0.1) is 0 Å². The third-order valence-electron chi connectivity index (χ3n) is 4.92. The fraction of sp³-hybridized carbons (Fsp3) is 0.368. The first-order valence-corrected chi connectivity index (χ1v) is 12.3. The molecule has 0 aliphatic carbocycles. The molecule has 162 valence electrons. The quantitative estimate of drug-likeness (QED) is 0.660. The van der Waals surface area contributed by atoms with Crippen LogP contribution in [0.4, 0.5) is 0 Å². The highest BCUT2D eigenvalue weighted by atomic mass is 32.2. The van der Waals surface area contributed by atoms with Gasteiger partial charge in [-0.15, -0.1) is 0 Å². The van der Waals surface area contributed by atoms with Gasteiger partial charge < -0.3 is 4.90 Å². The van der Waals surface area contributed by atoms with Crippen molar-refractivity contribution >= 4 is 26.0 Å². The summed E-state index contributed by atoms with van der Waals surface area (Å²) < 4.78 is 53.6. The van der Waals surface area contributed by atoms with Gasteiger partial charge in [-0.25, -0.2) is 21.6 Å². The maximum Gasteiger partial charge on any atom is 0.244 e. The second kappa shape index (κ2) is 9.21. The molecular formula is C19H24N4O5S2. The number of pyridine rings is 1. The first kappa shape index (κ1) is 22.3. The molecule has 1 aliphatic rings. The lowest BCUT2D eigenvalue weighted by Crippen LogP contribution is -2.49. The Kier molecular flexibility index (Phi) is 6.86. The van der Waals surface area contributed by atoms with Crippen molar-refractivity contribution in [2.24, 2.45) is 0 Å². The molecule has 2 heterocycles. The molecular weight excluding hydrogens is 428 g/mol. The molecule has 1 saturated heterocycles. The molecule has 0 spiro atoms. The van der Waals surface area contributed by atoms with E-state index in [9.17, 15) is 21.6 Å². The first-order valence-electron chi connectivity index (χ1n) is 9.42. The van der Waals surface area contributed by atoms with Crippen molar-refractivity contribution in [1.29, 1.82) is 0 Å². The van der Waals surface area contributed by atoms with Gasteiger partial charge in [0.15, 0.2) is 0 Å². The Balaban J connectivity index is 1.54. The molecule has 30 heavy (non-hydrogen) atoms. The molecule has 9 nitrogen and oxygen atoms in total. The van der Waals surface area contributed by atoms with Crippen molar-refractivity contribution in [3.63, 3.8) is 0 Å². The van der Waals surface area contributed by atoms with Crippen molar-refractivity contribution in [1.82, 2.24) is 18.9 Å². The summed E-state index contributed by atoms with van der Waals surface area (Å²) in [5.41, 5.74) is 0. The zero-order valence-corrected chi connectivity index (χ0v) is 18.1. The average molecular weight is 453 g/mol. The Morgan fingerprint density at radius 3 is 2.30 bits per heavy atom. The van der Waals surface area contributed by atoms with Crippen molar-refractivity contribution in [2.45, 2.75) is 28.7 Å². The van der Waals surface area contributed by atoms with Crippen LogP contribution in [0.3, 0.4) is 0 Å². The number of amides is 1. The lowest BCUT2D eigenvalue weighted by Gasteiger charge is -2.33. The van der Waals surface area contributed by atoms with Crippen LogP contribution < -0.4 is 4.72 Å². The number of rotatable bonds is 7. The van der Waals surface area contributed by atoms with E-state index in [-0.39, 0.29) is 28.3 Å². The lowest BCUT2D eigenvalue weighted by atomic mass is 10.1. The minimum atomic E-state index is -3.81. The predicted molar refractivity (Wildman–Crippen MR) is 110 cm³/mol. The van der Waals surface area contributed by atoms with Gasteiger partial charge in [-0.1, -0.05) is 18.2 Å². The standard InChI is InChI=1S/C19H24N4O5S2/c1-22(30(27,28)18-8-5-11-20-14-18)15-19(24)23-12-9-16(10-13-23)21-29(25,26)17-6-3-2-4-7-17/h2-8,11,14,16,21H,9-10,12-13,15H2,1H3. The molecule has 0 saturated carbocycles. The third kappa shape index (κ3) is 5.22. The number of carbonyl (C=O) groups excluding carboxylic acids is 1. The van der Waals surface area contributed by atoms with Gasteiger partial charge in [-0.05, 0) is 37.1 Å². The van der Waals surface area contributed by atoms with Gasteiger partial charge in [-0.3, -0.25) is 9.78 Å². The minimum absolute atomic E-state index is 0.0225. The summed E-state index contributed by atoms with van der Waals surface area (Å²) in [7, 11) is -6.07. The van der Waals surface area contributed by atoms with E-state index in [2.05, 4.69) is 9.71 Å². The van der Waals surface area contributed by atoms with Crippen LogP contribution in [-0.2, 0) is 24.8 Å². The minimum Gasteiger partial charge on any atom is -0.341 e.